The Hall–Kier alpha value is -1.35. The number of hydrogen-bond donors (Lipinski definition) is 2. The number of carboxylic acids is 1. The van der Waals surface area contributed by atoms with Crippen LogP contribution >= 0.6 is 0 Å². The van der Waals surface area contributed by atoms with Crippen LogP contribution in [0, 0.1) is 0 Å². The molecule has 0 aromatic heterocycles. The average molecular weight is 235 g/mol. The van der Waals surface area contributed by atoms with E-state index < -0.39 is 12.0 Å². The Balaban J connectivity index is 2.47. The molecule has 0 heterocycles. The normalized spacial score (nSPS) is 12.4. The van der Waals surface area contributed by atoms with Crippen molar-refractivity contribution in [2.75, 3.05) is 0 Å². The van der Waals surface area contributed by atoms with E-state index in [2.05, 4.69) is 6.92 Å². The summed E-state index contributed by atoms with van der Waals surface area (Å²) in [4.78, 5) is 10.7. The van der Waals surface area contributed by atoms with E-state index in [0.717, 1.165) is 6.42 Å². The molecule has 3 N–H and O–H groups in total. The Labute approximate surface area is 103 Å². The molecule has 0 saturated heterocycles. The molecule has 17 heavy (non-hydrogen) atoms. The Morgan fingerprint density at radius 2 is 1.88 bits per heavy atom. The lowest BCUT2D eigenvalue weighted by atomic mass is 10.0. The molecule has 0 fully saturated rings. The largest absolute Gasteiger partial charge is 0.480 e. The number of aryl methyl sites for hydroxylation is 1. The number of aliphatic carboxylic acids is 1. The van der Waals surface area contributed by atoms with E-state index >= 15 is 0 Å². The Kier molecular flexibility index (Phi) is 5.70. The smallest absolute Gasteiger partial charge is 0.325 e. The van der Waals surface area contributed by atoms with Gasteiger partial charge in [-0.25, -0.2) is 0 Å². The predicted molar refractivity (Wildman–Crippen MR) is 68.9 cm³/mol. The fourth-order valence-corrected chi connectivity index (χ4v) is 1.79. The first-order valence-corrected chi connectivity index (χ1v) is 6.22. The molecule has 1 aromatic carbocycles. The Morgan fingerprint density at radius 1 is 1.24 bits per heavy atom. The summed E-state index contributed by atoms with van der Waals surface area (Å²) in [6.45, 7) is 2.20. The lowest BCUT2D eigenvalue weighted by molar-refractivity contribution is -0.138. The van der Waals surface area contributed by atoms with Gasteiger partial charge in [-0.3, -0.25) is 4.79 Å². The van der Waals surface area contributed by atoms with Crippen LogP contribution in [0.5, 0.6) is 0 Å². The third kappa shape index (κ3) is 4.57. The van der Waals surface area contributed by atoms with Crippen LogP contribution in [0.15, 0.2) is 24.3 Å². The van der Waals surface area contributed by atoms with Gasteiger partial charge in [0, 0.05) is 0 Å². The van der Waals surface area contributed by atoms with Crippen molar-refractivity contribution in [2.24, 2.45) is 5.73 Å². The highest BCUT2D eigenvalue weighted by molar-refractivity contribution is 5.75. The van der Waals surface area contributed by atoms with Crippen LogP contribution in [0.3, 0.4) is 0 Å². The number of rotatable bonds is 7. The molecule has 0 aliphatic carbocycles. The van der Waals surface area contributed by atoms with E-state index in [1.807, 2.05) is 24.3 Å². The van der Waals surface area contributed by atoms with Gasteiger partial charge in [-0.1, -0.05) is 50.5 Å². The van der Waals surface area contributed by atoms with Crippen molar-refractivity contribution in [1.29, 1.82) is 0 Å². The molecule has 3 heteroatoms. The van der Waals surface area contributed by atoms with Crippen LogP contribution in [-0.4, -0.2) is 11.1 Å². The molecule has 1 atom stereocenters. The summed E-state index contributed by atoms with van der Waals surface area (Å²) in [7, 11) is 0. The zero-order chi connectivity index (χ0) is 12.7. The van der Waals surface area contributed by atoms with Crippen LogP contribution < -0.4 is 5.73 Å². The third-order valence-corrected chi connectivity index (χ3v) is 2.92. The van der Waals surface area contributed by atoms with Crippen LogP contribution in [0.2, 0.25) is 0 Å². The summed E-state index contributed by atoms with van der Waals surface area (Å²) in [5.41, 5.74) is 7.44. The van der Waals surface area contributed by atoms with Crippen molar-refractivity contribution in [1.82, 2.24) is 0 Å². The third-order valence-electron chi connectivity index (χ3n) is 2.92. The lowest BCUT2D eigenvalue weighted by Crippen LogP contribution is -2.20. The minimum absolute atomic E-state index is 0.662. The first kappa shape index (κ1) is 13.7. The second-order valence-corrected chi connectivity index (χ2v) is 4.37. The van der Waals surface area contributed by atoms with Gasteiger partial charge in [0.1, 0.15) is 6.04 Å². The summed E-state index contributed by atoms with van der Waals surface area (Å²) in [5, 5.41) is 8.78. The monoisotopic (exact) mass is 235 g/mol. The number of hydrogen-bond acceptors (Lipinski definition) is 2. The minimum Gasteiger partial charge on any atom is -0.480 e. The number of carboxylic acid groups (broad SMARTS) is 1. The molecule has 1 unspecified atom stereocenters. The Bertz CT molecular complexity index is 346. The van der Waals surface area contributed by atoms with Gasteiger partial charge in [-0.05, 0) is 24.0 Å². The number of unbranched alkanes of at least 4 members (excludes halogenated alkanes) is 3. The van der Waals surface area contributed by atoms with Gasteiger partial charge in [0.15, 0.2) is 0 Å². The van der Waals surface area contributed by atoms with E-state index in [4.69, 9.17) is 10.8 Å². The van der Waals surface area contributed by atoms with Crippen molar-refractivity contribution in [3.63, 3.8) is 0 Å². The molecule has 3 nitrogen and oxygen atoms in total. The second-order valence-electron chi connectivity index (χ2n) is 4.37. The first-order valence-electron chi connectivity index (χ1n) is 6.22. The molecule has 0 amide bonds. The van der Waals surface area contributed by atoms with Crippen molar-refractivity contribution >= 4 is 5.97 Å². The van der Waals surface area contributed by atoms with Gasteiger partial charge < -0.3 is 10.8 Å². The van der Waals surface area contributed by atoms with Crippen LogP contribution in [-0.2, 0) is 11.2 Å². The summed E-state index contributed by atoms with van der Waals surface area (Å²) >= 11 is 0. The van der Waals surface area contributed by atoms with Gasteiger partial charge >= 0.3 is 5.97 Å². The zero-order valence-electron chi connectivity index (χ0n) is 10.4. The molecule has 0 spiro atoms. The quantitative estimate of drug-likeness (QED) is 0.714. The molecule has 0 aliphatic rings. The summed E-state index contributed by atoms with van der Waals surface area (Å²) in [6.07, 6.45) is 6.03. The number of benzene rings is 1. The minimum atomic E-state index is -0.985. The van der Waals surface area contributed by atoms with Crippen molar-refractivity contribution < 1.29 is 9.90 Å². The van der Waals surface area contributed by atoms with E-state index in [-0.39, 0.29) is 0 Å². The second kappa shape index (κ2) is 7.07. The van der Waals surface area contributed by atoms with E-state index in [9.17, 15) is 4.79 Å². The highest BCUT2D eigenvalue weighted by atomic mass is 16.4. The number of carbonyl (C=O) groups is 1. The van der Waals surface area contributed by atoms with Gasteiger partial charge in [-0.15, -0.1) is 0 Å². The van der Waals surface area contributed by atoms with E-state index in [0.29, 0.717) is 5.56 Å². The molecular formula is C14H21NO2. The molecule has 0 radical (unpaired) electrons. The van der Waals surface area contributed by atoms with Gasteiger partial charge in [0.05, 0.1) is 0 Å². The number of nitrogens with two attached hydrogens (primary N) is 1. The van der Waals surface area contributed by atoms with Crippen molar-refractivity contribution in [3.05, 3.63) is 35.4 Å². The molecule has 0 aliphatic heterocycles. The fraction of sp³-hybridized carbons (Fsp3) is 0.500. The van der Waals surface area contributed by atoms with Gasteiger partial charge in [0.2, 0.25) is 0 Å². The van der Waals surface area contributed by atoms with E-state index in [1.165, 1.54) is 31.2 Å². The molecule has 0 saturated carbocycles. The summed E-state index contributed by atoms with van der Waals surface area (Å²) in [6, 6.07) is 6.67. The lowest BCUT2D eigenvalue weighted by Gasteiger charge is -2.07. The standard InChI is InChI=1S/C14H21NO2/c1-2-3-4-5-6-11-7-9-12(10-8-11)13(15)14(16)17/h7-10,13H,2-6,15H2,1H3,(H,16,17). The van der Waals surface area contributed by atoms with Gasteiger partial charge in [0.25, 0.3) is 0 Å². The fourth-order valence-electron chi connectivity index (χ4n) is 1.79. The molecular weight excluding hydrogens is 214 g/mol. The zero-order valence-corrected chi connectivity index (χ0v) is 10.4. The maximum absolute atomic E-state index is 10.7. The Morgan fingerprint density at radius 3 is 2.41 bits per heavy atom. The topological polar surface area (TPSA) is 63.3 Å². The average Bonchev–Trinajstić information content (AvgIpc) is 2.34. The highest BCUT2D eigenvalue weighted by Crippen LogP contribution is 2.14. The predicted octanol–water partition coefficient (Wildman–Crippen LogP) is 2.89. The highest BCUT2D eigenvalue weighted by Gasteiger charge is 2.13. The molecule has 0 bridgehead atoms. The van der Waals surface area contributed by atoms with Crippen LogP contribution in [0.25, 0.3) is 0 Å². The SMILES string of the molecule is CCCCCCc1ccc(C(N)C(=O)O)cc1. The first-order chi connectivity index (χ1) is 8.15. The van der Waals surface area contributed by atoms with Gasteiger partial charge in [-0.2, -0.15) is 0 Å². The molecule has 1 aromatic rings. The summed E-state index contributed by atoms with van der Waals surface area (Å²) in [5.74, 6) is -0.985. The van der Waals surface area contributed by atoms with Crippen molar-refractivity contribution in [3.8, 4) is 0 Å². The maximum Gasteiger partial charge on any atom is 0.325 e. The maximum atomic E-state index is 10.7. The van der Waals surface area contributed by atoms with Crippen LogP contribution in [0.1, 0.15) is 49.8 Å². The summed E-state index contributed by atoms with van der Waals surface area (Å²) < 4.78 is 0. The molecule has 1 rings (SSSR count). The van der Waals surface area contributed by atoms with Crippen molar-refractivity contribution in [2.45, 2.75) is 45.1 Å². The van der Waals surface area contributed by atoms with Crippen LogP contribution in [0.4, 0.5) is 0 Å². The molecule has 94 valence electrons. The van der Waals surface area contributed by atoms with E-state index in [1.54, 1.807) is 0 Å².